The summed E-state index contributed by atoms with van der Waals surface area (Å²) in [6.45, 7) is 0. The number of aromatic hydroxyl groups is 1. The van der Waals surface area contributed by atoms with Crippen LogP contribution in [-0.4, -0.2) is 33.1 Å². The summed E-state index contributed by atoms with van der Waals surface area (Å²) in [6.07, 6.45) is 1.34. The van der Waals surface area contributed by atoms with Crippen molar-refractivity contribution in [3.05, 3.63) is 38.8 Å². The molecular weight excluding hydrogens is 270 g/mol. The van der Waals surface area contributed by atoms with Gasteiger partial charge in [-0.3, -0.25) is 25.2 Å². The van der Waals surface area contributed by atoms with Crippen LogP contribution in [0.25, 0.3) is 6.08 Å². The summed E-state index contributed by atoms with van der Waals surface area (Å²) in [7, 11) is 1.46. The molecule has 98 valence electrons. The molecule has 1 aromatic carbocycles. The number of hydrogen-bond acceptors (Lipinski definition) is 6. The van der Waals surface area contributed by atoms with Crippen molar-refractivity contribution in [2.24, 2.45) is 0 Å². The van der Waals surface area contributed by atoms with E-state index in [2.05, 4.69) is 0 Å². The van der Waals surface area contributed by atoms with Crippen molar-refractivity contribution in [3.8, 4) is 5.75 Å². The van der Waals surface area contributed by atoms with Gasteiger partial charge < -0.3 is 5.11 Å². The number of nitro benzene ring substituents is 1. The Kier molecular flexibility index (Phi) is 3.26. The number of benzene rings is 1. The fourth-order valence-corrected chi connectivity index (χ4v) is 2.32. The van der Waals surface area contributed by atoms with Crippen LogP contribution in [0.3, 0.4) is 0 Å². The van der Waals surface area contributed by atoms with Crippen LogP contribution in [0.2, 0.25) is 0 Å². The number of amides is 1. The van der Waals surface area contributed by atoms with E-state index < -0.39 is 4.92 Å². The lowest BCUT2D eigenvalue weighted by Crippen LogP contribution is -2.22. The minimum atomic E-state index is -0.584. The maximum Gasteiger partial charge on any atom is 0.270 e. The molecule has 1 aliphatic heterocycles. The number of thioether (sulfide) groups is 1. The highest BCUT2D eigenvalue weighted by Crippen LogP contribution is 2.33. The summed E-state index contributed by atoms with van der Waals surface area (Å²) in [5.41, 5.74) is -0.00308. The molecule has 1 amide bonds. The van der Waals surface area contributed by atoms with Gasteiger partial charge in [-0.2, -0.15) is 0 Å². The third-order valence-electron chi connectivity index (χ3n) is 2.54. The quantitative estimate of drug-likeness (QED) is 0.487. The molecule has 1 saturated heterocycles. The average molecular weight is 279 g/mol. The zero-order valence-electron chi connectivity index (χ0n) is 9.78. The second-order valence-electron chi connectivity index (χ2n) is 3.78. The molecule has 1 fully saturated rings. The van der Waals surface area contributed by atoms with E-state index in [1.807, 2.05) is 0 Å². The third kappa shape index (κ3) is 2.43. The van der Waals surface area contributed by atoms with Crippen molar-refractivity contribution >= 4 is 34.6 Å². The Morgan fingerprint density at radius 3 is 2.74 bits per heavy atom. The van der Waals surface area contributed by atoms with Crippen molar-refractivity contribution in [3.63, 3.8) is 0 Å². The van der Waals surface area contributed by atoms with Gasteiger partial charge in [0.2, 0.25) is 0 Å². The summed E-state index contributed by atoms with van der Waals surface area (Å²) in [5, 5.41) is 27.9. The fraction of sp³-hybridized carbons (Fsp3) is 0.0909. The number of non-ortho nitro benzene ring substituents is 1. The molecule has 0 aromatic heterocycles. The summed E-state index contributed by atoms with van der Waals surface area (Å²) < 4.78 is 0. The molecule has 8 heteroatoms. The Balaban J connectivity index is 2.43. The average Bonchev–Trinajstić information content (AvgIpc) is 2.59. The second-order valence-corrected chi connectivity index (χ2v) is 4.81. The number of likely N-dealkylation sites (N-methyl/N-ethyl adjacent to an activating group) is 1. The highest BCUT2D eigenvalue weighted by molar-refractivity contribution is 8.18. The number of hydrogen-bond donors (Lipinski definition) is 2. The number of rotatable bonds is 2. The first-order chi connectivity index (χ1) is 8.90. The number of nitrogens with zero attached hydrogens (tertiary/aromatic N) is 2. The Labute approximate surface area is 112 Å². The molecule has 0 bridgehead atoms. The predicted molar refractivity (Wildman–Crippen MR) is 70.8 cm³/mol. The van der Waals surface area contributed by atoms with Crippen LogP contribution in [0.15, 0.2) is 23.1 Å². The molecule has 0 radical (unpaired) electrons. The molecule has 7 nitrogen and oxygen atoms in total. The lowest BCUT2D eigenvalue weighted by atomic mass is 10.1. The largest absolute Gasteiger partial charge is 0.507 e. The molecule has 0 atom stereocenters. The minimum Gasteiger partial charge on any atom is -0.507 e. The number of phenols is 1. The molecule has 2 N–H and O–H groups in total. The van der Waals surface area contributed by atoms with Crippen molar-refractivity contribution < 1.29 is 14.8 Å². The molecule has 0 saturated carbocycles. The van der Waals surface area contributed by atoms with E-state index in [0.717, 1.165) is 16.7 Å². The van der Waals surface area contributed by atoms with Crippen LogP contribution in [0, 0.1) is 15.5 Å². The molecule has 1 heterocycles. The van der Waals surface area contributed by atoms with E-state index in [0.29, 0.717) is 0 Å². The SMILES string of the molecule is CN1C(=N)SC(=Cc2cc([N+](=O)[O-])ccc2O)C1=O. The zero-order valence-corrected chi connectivity index (χ0v) is 10.6. The van der Waals surface area contributed by atoms with Gasteiger partial charge in [0.25, 0.3) is 11.6 Å². The number of phenolic OH excluding ortho intramolecular Hbond substituents is 1. The van der Waals surface area contributed by atoms with Gasteiger partial charge >= 0.3 is 0 Å². The van der Waals surface area contributed by atoms with E-state index in [9.17, 15) is 20.0 Å². The van der Waals surface area contributed by atoms with Gasteiger partial charge in [-0.1, -0.05) is 0 Å². The van der Waals surface area contributed by atoms with Crippen LogP contribution >= 0.6 is 11.8 Å². The topological polar surface area (TPSA) is 108 Å². The maximum absolute atomic E-state index is 11.7. The molecule has 1 aromatic rings. The minimum absolute atomic E-state index is 0.0705. The summed E-state index contributed by atoms with van der Waals surface area (Å²) >= 11 is 0.939. The predicted octanol–water partition coefficient (Wildman–Crippen LogP) is 1.78. The molecule has 0 spiro atoms. The molecule has 2 rings (SSSR count). The van der Waals surface area contributed by atoms with Gasteiger partial charge in [-0.25, -0.2) is 0 Å². The van der Waals surface area contributed by atoms with E-state index in [-0.39, 0.29) is 33.0 Å². The molecule has 1 aliphatic rings. The molecule has 0 aliphatic carbocycles. The standard InChI is InChI=1S/C11H9N3O4S/c1-13-10(16)9(19-11(13)12)5-6-4-7(14(17)18)2-3-8(6)15/h2-5,12,15H,1H3. The van der Waals surface area contributed by atoms with Crippen molar-refractivity contribution in [1.82, 2.24) is 4.90 Å². The first-order valence-electron chi connectivity index (χ1n) is 5.13. The number of nitrogens with one attached hydrogen (secondary N) is 1. The first kappa shape index (κ1) is 13.1. The van der Waals surface area contributed by atoms with Gasteiger partial charge in [0, 0.05) is 24.7 Å². The normalized spacial score (nSPS) is 17.3. The maximum atomic E-state index is 11.7. The van der Waals surface area contributed by atoms with E-state index in [1.165, 1.54) is 31.3 Å². The second kappa shape index (κ2) is 4.73. The number of carbonyl (C=O) groups is 1. The van der Waals surface area contributed by atoms with Crippen molar-refractivity contribution in [2.75, 3.05) is 7.05 Å². The summed E-state index contributed by atoms with van der Waals surface area (Å²) in [4.78, 5) is 23.2. The van der Waals surface area contributed by atoms with Crippen LogP contribution in [-0.2, 0) is 4.79 Å². The Morgan fingerprint density at radius 1 is 1.53 bits per heavy atom. The Bertz CT molecular complexity index is 626. The number of carbonyl (C=O) groups excluding carboxylic acids is 1. The third-order valence-corrected chi connectivity index (χ3v) is 3.51. The van der Waals surface area contributed by atoms with Gasteiger partial charge in [-0.05, 0) is 23.9 Å². The highest BCUT2D eigenvalue weighted by atomic mass is 32.2. The monoisotopic (exact) mass is 279 g/mol. The van der Waals surface area contributed by atoms with Crippen molar-refractivity contribution in [1.29, 1.82) is 5.41 Å². The molecular formula is C11H9N3O4S. The van der Waals surface area contributed by atoms with E-state index in [4.69, 9.17) is 5.41 Å². The first-order valence-corrected chi connectivity index (χ1v) is 5.95. The fourth-order valence-electron chi connectivity index (χ4n) is 1.48. The van der Waals surface area contributed by atoms with Crippen LogP contribution < -0.4 is 0 Å². The van der Waals surface area contributed by atoms with E-state index in [1.54, 1.807) is 0 Å². The lowest BCUT2D eigenvalue weighted by molar-refractivity contribution is -0.384. The number of amidine groups is 1. The van der Waals surface area contributed by atoms with Gasteiger partial charge in [0.15, 0.2) is 5.17 Å². The zero-order chi connectivity index (χ0) is 14.2. The Morgan fingerprint density at radius 2 is 2.21 bits per heavy atom. The highest BCUT2D eigenvalue weighted by Gasteiger charge is 2.29. The van der Waals surface area contributed by atoms with Gasteiger partial charge in [0.05, 0.1) is 9.83 Å². The summed E-state index contributed by atoms with van der Waals surface area (Å²) in [5.74, 6) is -0.534. The van der Waals surface area contributed by atoms with Gasteiger partial charge in [-0.15, -0.1) is 0 Å². The lowest BCUT2D eigenvalue weighted by Gasteiger charge is -2.03. The van der Waals surface area contributed by atoms with Crippen LogP contribution in [0.5, 0.6) is 5.75 Å². The van der Waals surface area contributed by atoms with Gasteiger partial charge in [0.1, 0.15) is 5.75 Å². The molecule has 0 unspecified atom stereocenters. The van der Waals surface area contributed by atoms with Crippen LogP contribution in [0.1, 0.15) is 5.56 Å². The smallest absolute Gasteiger partial charge is 0.270 e. The van der Waals surface area contributed by atoms with Crippen LogP contribution in [0.4, 0.5) is 5.69 Å². The molecule has 19 heavy (non-hydrogen) atoms. The summed E-state index contributed by atoms with van der Waals surface area (Å²) in [6, 6.07) is 3.55. The van der Waals surface area contributed by atoms with Crippen molar-refractivity contribution in [2.45, 2.75) is 0 Å². The van der Waals surface area contributed by atoms with E-state index >= 15 is 0 Å². The Hall–Kier alpha value is -2.35. The number of nitro groups is 1.